The van der Waals surface area contributed by atoms with Gasteiger partial charge in [-0.3, -0.25) is 4.90 Å². The highest BCUT2D eigenvalue weighted by atomic mass is 16.5. The topological polar surface area (TPSA) is 50.3 Å². The van der Waals surface area contributed by atoms with Gasteiger partial charge in [0.25, 0.3) is 0 Å². The number of ether oxygens (including phenoxy) is 1. The zero-order valence-electron chi connectivity index (χ0n) is 12.9. The van der Waals surface area contributed by atoms with E-state index in [0.29, 0.717) is 6.04 Å². The Kier molecular flexibility index (Phi) is 4.85. The fourth-order valence-electron chi connectivity index (χ4n) is 2.82. The van der Waals surface area contributed by atoms with E-state index in [4.69, 9.17) is 4.74 Å². The van der Waals surface area contributed by atoms with Gasteiger partial charge in [-0.2, -0.15) is 0 Å². The zero-order valence-corrected chi connectivity index (χ0v) is 12.9. The van der Waals surface area contributed by atoms with E-state index in [2.05, 4.69) is 38.4 Å². The van der Waals surface area contributed by atoms with Crippen LogP contribution in [0.25, 0.3) is 0 Å². The molecule has 5 nitrogen and oxygen atoms in total. The number of nitrogens with zero attached hydrogens (tertiary/aromatic N) is 3. The summed E-state index contributed by atoms with van der Waals surface area (Å²) in [6.07, 6.45) is 5.77. The molecule has 0 saturated carbocycles. The minimum absolute atomic E-state index is 0.462. The van der Waals surface area contributed by atoms with E-state index >= 15 is 0 Å². The molecule has 1 fully saturated rings. The highest BCUT2D eigenvalue weighted by Crippen LogP contribution is 2.18. The lowest BCUT2D eigenvalue weighted by atomic mass is 10.0. The van der Waals surface area contributed by atoms with Gasteiger partial charge in [-0.25, -0.2) is 9.97 Å². The van der Waals surface area contributed by atoms with Gasteiger partial charge >= 0.3 is 0 Å². The first kappa shape index (κ1) is 14.8. The van der Waals surface area contributed by atoms with Crippen LogP contribution in [0.5, 0.6) is 5.75 Å². The zero-order chi connectivity index (χ0) is 15.2. The van der Waals surface area contributed by atoms with Crippen molar-refractivity contribution < 1.29 is 4.74 Å². The molecular formula is C17H22N4O. The number of hydrogen-bond acceptors (Lipinski definition) is 5. The summed E-state index contributed by atoms with van der Waals surface area (Å²) in [5.74, 6) is 1.66. The van der Waals surface area contributed by atoms with E-state index in [1.54, 1.807) is 19.5 Å². The third-order valence-corrected chi connectivity index (χ3v) is 4.03. The highest BCUT2D eigenvalue weighted by Gasteiger charge is 2.19. The second-order valence-electron chi connectivity index (χ2n) is 5.62. The predicted octanol–water partition coefficient (Wildman–Crippen LogP) is 2.56. The molecule has 116 valence electrons. The fraction of sp³-hybridized carbons (Fsp3) is 0.412. The van der Waals surface area contributed by atoms with Gasteiger partial charge in [0.1, 0.15) is 5.75 Å². The molecule has 1 aromatic heterocycles. The van der Waals surface area contributed by atoms with Crippen LogP contribution in [-0.2, 0) is 6.54 Å². The number of rotatable bonds is 5. The van der Waals surface area contributed by atoms with E-state index in [1.807, 2.05) is 12.1 Å². The first-order chi connectivity index (χ1) is 10.8. The second kappa shape index (κ2) is 7.22. The third kappa shape index (κ3) is 3.95. The van der Waals surface area contributed by atoms with Crippen LogP contribution in [0.1, 0.15) is 18.4 Å². The number of benzene rings is 1. The van der Waals surface area contributed by atoms with Crippen molar-refractivity contribution in [2.75, 3.05) is 25.5 Å². The molecule has 0 bridgehead atoms. The molecule has 0 amide bonds. The average Bonchev–Trinajstić information content (AvgIpc) is 2.58. The lowest BCUT2D eigenvalue weighted by Gasteiger charge is -2.32. The van der Waals surface area contributed by atoms with Crippen LogP contribution in [0.4, 0.5) is 5.95 Å². The molecule has 0 atom stereocenters. The summed E-state index contributed by atoms with van der Waals surface area (Å²) in [5.41, 5.74) is 1.30. The molecule has 0 spiro atoms. The van der Waals surface area contributed by atoms with E-state index < -0.39 is 0 Å². The van der Waals surface area contributed by atoms with E-state index in [1.165, 1.54) is 5.56 Å². The monoisotopic (exact) mass is 298 g/mol. The summed E-state index contributed by atoms with van der Waals surface area (Å²) < 4.78 is 5.29. The molecule has 2 heterocycles. The van der Waals surface area contributed by atoms with Gasteiger partial charge < -0.3 is 10.1 Å². The maximum Gasteiger partial charge on any atom is 0.222 e. The number of piperidine rings is 1. The molecule has 22 heavy (non-hydrogen) atoms. The SMILES string of the molecule is COc1cccc(CN2CCC(Nc3ncccn3)CC2)c1. The lowest BCUT2D eigenvalue weighted by molar-refractivity contribution is 0.211. The van der Waals surface area contributed by atoms with Crippen LogP contribution in [0.3, 0.4) is 0 Å². The van der Waals surface area contributed by atoms with Gasteiger partial charge in [0.05, 0.1) is 7.11 Å². The van der Waals surface area contributed by atoms with Crippen molar-refractivity contribution in [3.05, 3.63) is 48.3 Å². The molecule has 0 unspecified atom stereocenters. The van der Waals surface area contributed by atoms with Crippen molar-refractivity contribution in [3.8, 4) is 5.75 Å². The molecule has 3 rings (SSSR count). The minimum Gasteiger partial charge on any atom is -0.497 e. The van der Waals surface area contributed by atoms with Crippen LogP contribution in [-0.4, -0.2) is 41.1 Å². The Balaban J connectivity index is 1.49. The maximum absolute atomic E-state index is 5.29. The van der Waals surface area contributed by atoms with Gasteiger partial charge in [-0.15, -0.1) is 0 Å². The summed E-state index contributed by atoms with van der Waals surface area (Å²) >= 11 is 0. The average molecular weight is 298 g/mol. The van der Waals surface area contributed by atoms with Crippen LogP contribution in [0.15, 0.2) is 42.7 Å². The van der Waals surface area contributed by atoms with Crippen LogP contribution >= 0.6 is 0 Å². The quantitative estimate of drug-likeness (QED) is 0.919. The Bertz CT molecular complexity index is 582. The number of aromatic nitrogens is 2. The summed E-state index contributed by atoms with van der Waals surface area (Å²) in [5, 5.41) is 3.41. The van der Waals surface area contributed by atoms with Crippen LogP contribution in [0.2, 0.25) is 0 Å². The van der Waals surface area contributed by atoms with Crippen molar-refractivity contribution in [2.24, 2.45) is 0 Å². The number of hydrogen-bond donors (Lipinski definition) is 1. The Labute approximate surface area is 131 Å². The second-order valence-corrected chi connectivity index (χ2v) is 5.62. The fourth-order valence-corrected chi connectivity index (χ4v) is 2.82. The maximum atomic E-state index is 5.29. The molecule has 2 aromatic rings. The Morgan fingerprint density at radius 1 is 1.18 bits per heavy atom. The van der Waals surface area contributed by atoms with Gasteiger partial charge in [0.15, 0.2) is 0 Å². The smallest absolute Gasteiger partial charge is 0.222 e. The molecule has 1 aliphatic heterocycles. The molecule has 0 aliphatic carbocycles. The number of anilines is 1. The van der Waals surface area contributed by atoms with E-state index in [0.717, 1.165) is 44.2 Å². The third-order valence-electron chi connectivity index (χ3n) is 4.03. The van der Waals surface area contributed by atoms with E-state index in [9.17, 15) is 0 Å². The Morgan fingerprint density at radius 3 is 2.68 bits per heavy atom. The minimum atomic E-state index is 0.462. The van der Waals surface area contributed by atoms with Gasteiger partial charge in [0.2, 0.25) is 5.95 Å². The lowest BCUT2D eigenvalue weighted by Crippen LogP contribution is -2.38. The van der Waals surface area contributed by atoms with Crippen molar-refractivity contribution in [1.82, 2.24) is 14.9 Å². The standard InChI is InChI=1S/C17H22N4O/c1-22-16-5-2-4-14(12-16)13-21-10-6-15(7-11-21)20-17-18-8-3-9-19-17/h2-5,8-9,12,15H,6-7,10-11,13H2,1H3,(H,18,19,20). The number of methoxy groups -OCH3 is 1. The predicted molar refractivity (Wildman–Crippen MR) is 86.9 cm³/mol. The van der Waals surface area contributed by atoms with Crippen LogP contribution in [0, 0.1) is 0 Å². The van der Waals surface area contributed by atoms with Crippen molar-refractivity contribution in [3.63, 3.8) is 0 Å². The Hall–Kier alpha value is -2.14. The molecule has 0 radical (unpaired) electrons. The van der Waals surface area contributed by atoms with Crippen molar-refractivity contribution in [2.45, 2.75) is 25.4 Å². The normalized spacial score (nSPS) is 16.4. The summed E-state index contributed by atoms with van der Waals surface area (Å²) in [7, 11) is 1.71. The first-order valence-electron chi connectivity index (χ1n) is 7.72. The number of likely N-dealkylation sites (tertiary alicyclic amines) is 1. The summed E-state index contributed by atoms with van der Waals surface area (Å²) in [6.45, 7) is 3.15. The van der Waals surface area contributed by atoms with Crippen LogP contribution < -0.4 is 10.1 Å². The number of nitrogens with one attached hydrogen (secondary N) is 1. The van der Waals surface area contributed by atoms with Gasteiger partial charge in [-0.05, 0) is 36.6 Å². The van der Waals surface area contributed by atoms with E-state index in [-0.39, 0.29) is 0 Å². The Morgan fingerprint density at radius 2 is 1.95 bits per heavy atom. The largest absolute Gasteiger partial charge is 0.497 e. The van der Waals surface area contributed by atoms with Crippen molar-refractivity contribution >= 4 is 5.95 Å². The summed E-state index contributed by atoms with van der Waals surface area (Å²) in [6, 6.07) is 10.6. The highest BCUT2D eigenvalue weighted by molar-refractivity contribution is 5.28. The molecule has 5 heteroatoms. The van der Waals surface area contributed by atoms with Gasteiger partial charge in [0, 0.05) is 38.1 Å². The molecule has 1 aliphatic rings. The molecule has 1 saturated heterocycles. The summed E-state index contributed by atoms with van der Waals surface area (Å²) in [4.78, 5) is 10.9. The first-order valence-corrected chi connectivity index (χ1v) is 7.72. The van der Waals surface area contributed by atoms with Gasteiger partial charge in [-0.1, -0.05) is 12.1 Å². The van der Waals surface area contributed by atoms with Crippen molar-refractivity contribution in [1.29, 1.82) is 0 Å². The molecule has 1 aromatic carbocycles. The molecule has 1 N–H and O–H groups in total. The molecular weight excluding hydrogens is 276 g/mol.